The molecule has 0 unspecified atom stereocenters. The van der Waals surface area contributed by atoms with E-state index in [2.05, 4.69) is 23.3 Å². The minimum Gasteiger partial charge on any atom is -0.369 e. The highest BCUT2D eigenvalue weighted by molar-refractivity contribution is 7.18. The van der Waals surface area contributed by atoms with Gasteiger partial charge in [-0.05, 0) is 54.4 Å². The average molecular weight is 510 g/mol. The minimum absolute atomic E-state index is 0.0315. The van der Waals surface area contributed by atoms with E-state index >= 15 is 0 Å². The van der Waals surface area contributed by atoms with Gasteiger partial charge in [-0.25, -0.2) is 0 Å². The van der Waals surface area contributed by atoms with Gasteiger partial charge in [0, 0.05) is 31.7 Å². The van der Waals surface area contributed by atoms with Gasteiger partial charge in [0.05, 0.1) is 28.0 Å². The summed E-state index contributed by atoms with van der Waals surface area (Å²) in [4.78, 5) is 30.9. The van der Waals surface area contributed by atoms with Crippen molar-refractivity contribution in [3.8, 4) is 0 Å². The highest BCUT2D eigenvalue weighted by atomic mass is 35.5. The number of thiophene rings is 1. The van der Waals surface area contributed by atoms with Gasteiger partial charge in [-0.3, -0.25) is 9.59 Å². The van der Waals surface area contributed by atoms with Gasteiger partial charge in [0.15, 0.2) is 0 Å². The van der Waals surface area contributed by atoms with E-state index in [9.17, 15) is 9.59 Å². The van der Waals surface area contributed by atoms with E-state index in [0.717, 1.165) is 25.1 Å². The zero-order valence-electron chi connectivity index (χ0n) is 19.6. The van der Waals surface area contributed by atoms with Crippen molar-refractivity contribution in [3.63, 3.8) is 0 Å². The molecule has 0 radical (unpaired) electrons. The van der Waals surface area contributed by atoms with Gasteiger partial charge in [0.25, 0.3) is 11.8 Å². The molecule has 1 saturated heterocycles. The number of fused-ring (bicyclic) bond motifs is 1. The first-order chi connectivity index (χ1) is 17.0. The summed E-state index contributed by atoms with van der Waals surface area (Å²) in [6.45, 7) is 3.12. The highest BCUT2D eigenvalue weighted by Gasteiger charge is 2.38. The molecule has 3 aromatic rings. The van der Waals surface area contributed by atoms with Crippen molar-refractivity contribution in [1.82, 2.24) is 15.1 Å². The lowest BCUT2D eigenvalue weighted by Crippen LogP contribution is -2.43. The predicted octanol–water partition coefficient (Wildman–Crippen LogP) is 4.23. The third-order valence-corrected chi connectivity index (χ3v) is 7.86. The molecule has 0 saturated carbocycles. The van der Waals surface area contributed by atoms with Gasteiger partial charge >= 0.3 is 0 Å². The molecule has 6 nitrogen and oxygen atoms in total. The van der Waals surface area contributed by atoms with E-state index in [-0.39, 0.29) is 24.0 Å². The zero-order chi connectivity index (χ0) is 24.4. The SMILES string of the molecule is CN1CCc2cc(C(=O)N3C[C@H](NC(=O)c4ccc(Cl)s4)[C@@H](OCc4ccccc4)C3)ccc2C1. The molecule has 182 valence electrons. The number of benzene rings is 2. The molecule has 1 fully saturated rings. The summed E-state index contributed by atoms with van der Waals surface area (Å²) in [5, 5.41) is 3.07. The first kappa shape index (κ1) is 24.0. The number of amides is 2. The van der Waals surface area contributed by atoms with E-state index in [4.69, 9.17) is 16.3 Å². The lowest BCUT2D eigenvalue weighted by atomic mass is 9.97. The van der Waals surface area contributed by atoms with Crippen molar-refractivity contribution in [3.05, 3.63) is 92.1 Å². The van der Waals surface area contributed by atoms with E-state index in [1.807, 2.05) is 42.5 Å². The summed E-state index contributed by atoms with van der Waals surface area (Å²) in [5.41, 5.74) is 4.25. The van der Waals surface area contributed by atoms with Gasteiger partial charge < -0.3 is 19.9 Å². The Bertz CT molecular complexity index is 1220. The maximum Gasteiger partial charge on any atom is 0.261 e. The maximum atomic E-state index is 13.5. The molecule has 0 aliphatic carbocycles. The topological polar surface area (TPSA) is 61.9 Å². The van der Waals surface area contributed by atoms with Crippen LogP contribution in [0.5, 0.6) is 0 Å². The molecular weight excluding hydrogens is 482 g/mol. The third-order valence-electron chi connectivity index (χ3n) is 6.63. The van der Waals surface area contributed by atoms with Crippen LogP contribution in [0.4, 0.5) is 0 Å². The molecule has 2 aliphatic heterocycles. The Morgan fingerprint density at radius 3 is 2.69 bits per heavy atom. The minimum atomic E-state index is -0.317. The van der Waals surface area contributed by atoms with Gasteiger partial charge in [0.1, 0.15) is 0 Å². The first-order valence-corrected chi connectivity index (χ1v) is 13.0. The lowest BCUT2D eigenvalue weighted by Gasteiger charge is -2.25. The Morgan fingerprint density at radius 1 is 1.09 bits per heavy atom. The predicted molar refractivity (Wildman–Crippen MR) is 138 cm³/mol. The van der Waals surface area contributed by atoms with Gasteiger partial charge in [-0.15, -0.1) is 11.3 Å². The van der Waals surface area contributed by atoms with Crippen LogP contribution < -0.4 is 5.32 Å². The van der Waals surface area contributed by atoms with Crippen LogP contribution in [0.1, 0.15) is 36.7 Å². The van der Waals surface area contributed by atoms with Crippen molar-refractivity contribution >= 4 is 34.8 Å². The van der Waals surface area contributed by atoms with Crippen LogP contribution in [0.3, 0.4) is 0 Å². The number of carbonyl (C=O) groups excluding carboxylic acids is 2. The quantitative estimate of drug-likeness (QED) is 0.540. The molecule has 2 aromatic carbocycles. The summed E-state index contributed by atoms with van der Waals surface area (Å²) in [7, 11) is 2.11. The normalized spacial score (nSPS) is 20.0. The smallest absolute Gasteiger partial charge is 0.261 e. The summed E-state index contributed by atoms with van der Waals surface area (Å²) < 4.78 is 6.79. The molecule has 2 aliphatic rings. The second kappa shape index (κ2) is 10.5. The largest absolute Gasteiger partial charge is 0.369 e. The summed E-state index contributed by atoms with van der Waals surface area (Å²) in [5.74, 6) is -0.233. The number of ether oxygens (including phenoxy) is 1. The van der Waals surface area contributed by atoms with Crippen LogP contribution >= 0.6 is 22.9 Å². The summed E-state index contributed by atoms with van der Waals surface area (Å²) in [6, 6.07) is 19.0. The summed E-state index contributed by atoms with van der Waals surface area (Å²) in [6.07, 6.45) is 0.627. The van der Waals surface area contributed by atoms with Crippen LogP contribution in [0.2, 0.25) is 4.34 Å². The van der Waals surface area contributed by atoms with Crippen molar-refractivity contribution < 1.29 is 14.3 Å². The molecule has 2 atom stereocenters. The Hall–Kier alpha value is -2.71. The number of halogens is 1. The third kappa shape index (κ3) is 5.59. The molecule has 0 spiro atoms. The van der Waals surface area contributed by atoms with Gasteiger partial charge in [-0.2, -0.15) is 0 Å². The fourth-order valence-corrected chi connectivity index (χ4v) is 5.66. The number of nitrogens with zero attached hydrogens (tertiary/aromatic N) is 2. The Labute approximate surface area is 214 Å². The number of rotatable bonds is 6. The van der Waals surface area contributed by atoms with E-state index in [1.54, 1.807) is 17.0 Å². The number of hydrogen-bond donors (Lipinski definition) is 1. The van der Waals surface area contributed by atoms with Crippen LogP contribution in [0.15, 0.2) is 60.7 Å². The summed E-state index contributed by atoms with van der Waals surface area (Å²) >= 11 is 7.25. The second-order valence-corrected chi connectivity index (χ2v) is 10.9. The van der Waals surface area contributed by atoms with Crippen molar-refractivity contribution in [2.75, 3.05) is 26.7 Å². The number of nitrogens with one attached hydrogen (secondary N) is 1. The molecular formula is C27H28ClN3O3S. The fraction of sp³-hybridized carbons (Fsp3) is 0.333. The molecule has 8 heteroatoms. The molecule has 1 aromatic heterocycles. The van der Waals surface area contributed by atoms with E-state index in [1.165, 1.54) is 22.5 Å². The van der Waals surface area contributed by atoms with E-state index in [0.29, 0.717) is 34.5 Å². The Balaban J connectivity index is 1.31. The first-order valence-electron chi connectivity index (χ1n) is 11.8. The average Bonchev–Trinajstić information content (AvgIpc) is 3.48. The lowest BCUT2D eigenvalue weighted by molar-refractivity contribution is 0.0307. The highest BCUT2D eigenvalue weighted by Crippen LogP contribution is 2.25. The number of likely N-dealkylation sites (N-methyl/N-ethyl adjacent to an activating group) is 1. The van der Waals surface area contributed by atoms with Crippen LogP contribution in [-0.2, 0) is 24.3 Å². The van der Waals surface area contributed by atoms with Crippen LogP contribution in [-0.4, -0.2) is 60.4 Å². The van der Waals surface area contributed by atoms with Gasteiger partial charge in [0.2, 0.25) is 0 Å². The molecule has 1 N–H and O–H groups in total. The van der Waals surface area contributed by atoms with Gasteiger partial charge in [-0.1, -0.05) is 48.0 Å². The number of likely N-dealkylation sites (tertiary alicyclic amines) is 1. The zero-order valence-corrected chi connectivity index (χ0v) is 21.1. The van der Waals surface area contributed by atoms with Crippen molar-refractivity contribution in [2.45, 2.75) is 31.7 Å². The monoisotopic (exact) mass is 509 g/mol. The van der Waals surface area contributed by atoms with Crippen LogP contribution in [0.25, 0.3) is 0 Å². The number of hydrogen-bond acceptors (Lipinski definition) is 5. The molecule has 2 amide bonds. The van der Waals surface area contributed by atoms with Crippen LogP contribution in [0, 0.1) is 0 Å². The standard InChI is InChI=1S/C27H28ClN3O3S/c1-30-12-11-19-13-20(7-8-21(19)14-30)27(33)31-15-22(29-26(32)24-9-10-25(28)35-24)23(16-31)34-17-18-5-3-2-4-6-18/h2-10,13,22-23H,11-12,14-17H2,1H3,(H,29,32)/t22-,23-/m0/s1. The maximum absolute atomic E-state index is 13.5. The Kier molecular flexibility index (Phi) is 7.20. The second-order valence-electron chi connectivity index (χ2n) is 9.20. The fourth-order valence-electron chi connectivity index (χ4n) is 4.71. The molecule has 5 rings (SSSR count). The van der Waals surface area contributed by atoms with Crippen molar-refractivity contribution in [2.24, 2.45) is 0 Å². The Morgan fingerprint density at radius 2 is 1.91 bits per heavy atom. The van der Waals surface area contributed by atoms with Crippen molar-refractivity contribution in [1.29, 1.82) is 0 Å². The number of carbonyl (C=O) groups is 2. The molecule has 0 bridgehead atoms. The van der Waals surface area contributed by atoms with E-state index < -0.39 is 0 Å². The molecule has 3 heterocycles. The molecule has 35 heavy (non-hydrogen) atoms.